The number of ether oxygens (including phenoxy) is 3. The molecule has 0 bridgehead atoms. The van der Waals surface area contributed by atoms with E-state index in [1.807, 2.05) is 66.7 Å². The van der Waals surface area contributed by atoms with Crippen LogP contribution in [0.15, 0.2) is 85.5 Å². The Bertz CT molecular complexity index is 1540. The van der Waals surface area contributed by atoms with E-state index < -0.39 is 11.8 Å². The van der Waals surface area contributed by atoms with E-state index in [2.05, 4.69) is 6.58 Å². The van der Waals surface area contributed by atoms with Crippen LogP contribution in [0.4, 0.5) is 0 Å². The lowest BCUT2D eigenvalue weighted by molar-refractivity contribution is -0.170. The second-order valence-corrected chi connectivity index (χ2v) is 9.64. The summed E-state index contributed by atoms with van der Waals surface area (Å²) in [6.07, 6.45) is 6.48. The molecule has 3 aromatic carbocycles. The van der Waals surface area contributed by atoms with Crippen molar-refractivity contribution in [2.75, 3.05) is 19.8 Å². The fourth-order valence-electron chi connectivity index (χ4n) is 4.69. The number of carboxylic acid groups (broad SMARTS) is 1. The molecule has 0 radical (unpaired) electrons. The number of aromatic nitrogens is 1. The van der Waals surface area contributed by atoms with Crippen molar-refractivity contribution >= 4 is 40.6 Å². The monoisotopic (exact) mass is 541 g/mol. The number of carbonyl (C=O) groups is 1. The molecule has 1 N–H and O–H groups in total. The molecule has 1 saturated heterocycles. The van der Waals surface area contributed by atoms with Crippen molar-refractivity contribution in [3.8, 4) is 5.75 Å². The highest BCUT2D eigenvalue weighted by atomic mass is 35.5. The Morgan fingerprint density at radius 1 is 1.05 bits per heavy atom. The van der Waals surface area contributed by atoms with Gasteiger partial charge in [0.1, 0.15) is 12.4 Å². The zero-order valence-electron chi connectivity index (χ0n) is 21.3. The summed E-state index contributed by atoms with van der Waals surface area (Å²) in [5.74, 6) is -1.48. The van der Waals surface area contributed by atoms with E-state index in [9.17, 15) is 9.90 Å². The molecule has 1 fully saturated rings. The van der Waals surface area contributed by atoms with E-state index in [1.165, 1.54) is 0 Å². The van der Waals surface area contributed by atoms with Crippen molar-refractivity contribution < 1.29 is 24.1 Å². The first kappa shape index (κ1) is 26.6. The van der Waals surface area contributed by atoms with Crippen LogP contribution in [0.25, 0.3) is 23.1 Å². The summed E-state index contributed by atoms with van der Waals surface area (Å²) < 4.78 is 17.8. The Hall–Kier alpha value is -3.97. The van der Waals surface area contributed by atoms with Crippen LogP contribution in [0.1, 0.15) is 39.2 Å². The average molecular weight is 542 g/mol. The highest BCUT2D eigenvalue weighted by Gasteiger charge is 2.38. The van der Waals surface area contributed by atoms with Crippen LogP contribution in [0.5, 0.6) is 5.75 Å². The van der Waals surface area contributed by atoms with E-state index in [-0.39, 0.29) is 5.56 Å². The number of hydrogen-bond donors (Lipinski definition) is 1. The zero-order valence-corrected chi connectivity index (χ0v) is 22.1. The maximum absolute atomic E-state index is 12.0. The maximum atomic E-state index is 12.0. The SMILES string of the molecule is C=CCOc1ccc(CCC2(c3cccc(/C=C/c4ccc5ccc(Cl)cc5n4)c3)OCCO2)c(C(=O)O)c1. The molecule has 6 nitrogen and oxygen atoms in total. The fourth-order valence-corrected chi connectivity index (χ4v) is 4.85. The standard InChI is InChI=1S/C32H28ClNO5/c1-2-16-37-28-13-9-23(29(21-28)31(35)36)14-15-32(38-17-18-39-32)25-5-3-4-22(19-25)6-11-27-12-8-24-7-10-26(33)20-30(24)34-27/h2-13,19-21H,1,14-18H2,(H,35,36)/b11-6+. The van der Waals surface area contributed by atoms with Gasteiger partial charge >= 0.3 is 5.97 Å². The van der Waals surface area contributed by atoms with Crippen molar-refractivity contribution in [2.45, 2.75) is 18.6 Å². The minimum Gasteiger partial charge on any atom is -0.490 e. The molecule has 7 heteroatoms. The Balaban J connectivity index is 1.36. The summed E-state index contributed by atoms with van der Waals surface area (Å²) in [5, 5.41) is 11.5. The number of pyridine rings is 1. The van der Waals surface area contributed by atoms with Crippen LogP contribution in [-0.2, 0) is 21.7 Å². The highest BCUT2D eigenvalue weighted by Crippen LogP contribution is 2.37. The molecule has 1 aromatic heterocycles. The minimum atomic E-state index is -1.01. The lowest BCUT2D eigenvalue weighted by atomic mass is 9.94. The fraction of sp³-hybridized carbons (Fsp3) is 0.188. The predicted octanol–water partition coefficient (Wildman–Crippen LogP) is 7.15. The number of carboxylic acids is 1. The van der Waals surface area contributed by atoms with E-state index in [1.54, 1.807) is 24.3 Å². The molecule has 0 amide bonds. The summed E-state index contributed by atoms with van der Waals surface area (Å²) in [4.78, 5) is 16.6. The number of aromatic carboxylic acids is 1. The smallest absolute Gasteiger partial charge is 0.336 e. The minimum absolute atomic E-state index is 0.200. The van der Waals surface area contributed by atoms with Crippen molar-refractivity contribution in [3.05, 3.63) is 118 Å². The molecule has 0 saturated carbocycles. The van der Waals surface area contributed by atoms with Crippen LogP contribution in [0.2, 0.25) is 5.02 Å². The van der Waals surface area contributed by atoms with Gasteiger partial charge < -0.3 is 19.3 Å². The predicted molar refractivity (Wildman–Crippen MR) is 153 cm³/mol. The zero-order chi connectivity index (χ0) is 27.2. The molecule has 1 aliphatic heterocycles. The number of rotatable bonds is 10. The molecule has 5 rings (SSSR count). The first-order valence-corrected chi connectivity index (χ1v) is 13.1. The van der Waals surface area contributed by atoms with Gasteiger partial charge in [-0.1, -0.05) is 66.7 Å². The Morgan fingerprint density at radius 2 is 1.87 bits per heavy atom. The summed E-state index contributed by atoms with van der Waals surface area (Å²) in [5.41, 5.74) is 4.39. The van der Waals surface area contributed by atoms with E-state index >= 15 is 0 Å². The van der Waals surface area contributed by atoms with Crippen LogP contribution >= 0.6 is 11.6 Å². The molecule has 4 aromatic rings. The van der Waals surface area contributed by atoms with Gasteiger partial charge in [0.25, 0.3) is 0 Å². The average Bonchev–Trinajstić information content (AvgIpc) is 3.44. The van der Waals surface area contributed by atoms with Gasteiger partial charge in [0.05, 0.1) is 30.0 Å². The molecule has 0 unspecified atom stereocenters. The van der Waals surface area contributed by atoms with Crippen LogP contribution in [-0.4, -0.2) is 35.9 Å². The first-order chi connectivity index (χ1) is 19.0. The third kappa shape index (κ3) is 6.20. The van der Waals surface area contributed by atoms with Gasteiger partial charge in [0.2, 0.25) is 0 Å². The second kappa shape index (κ2) is 11.8. The van der Waals surface area contributed by atoms with Gasteiger partial charge in [-0.2, -0.15) is 0 Å². The van der Waals surface area contributed by atoms with Crippen molar-refractivity contribution in [1.29, 1.82) is 0 Å². The van der Waals surface area contributed by atoms with Gasteiger partial charge in [0, 0.05) is 22.4 Å². The van der Waals surface area contributed by atoms with Crippen LogP contribution in [0, 0.1) is 0 Å². The summed E-state index contributed by atoms with van der Waals surface area (Å²) in [7, 11) is 0. The molecule has 0 aliphatic carbocycles. The molecule has 0 spiro atoms. The van der Waals surface area contributed by atoms with Gasteiger partial charge in [-0.25, -0.2) is 9.78 Å². The molecule has 198 valence electrons. The van der Waals surface area contributed by atoms with E-state index in [0.717, 1.165) is 27.7 Å². The Morgan fingerprint density at radius 3 is 2.67 bits per heavy atom. The summed E-state index contributed by atoms with van der Waals surface area (Å²) in [6.45, 7) is 4.86. The largest absolute Gasteiger partial charge is 0.490 e. The van der Waals surface area contributed by atoms with Gasteiger partial charge in [-0.05, 0) is 60.0 Å². The molecule has 1 aliphatic rings. The van der Waals surface area contributed by atoms with Gasteiger partial charge in [-0.3, -0.25) is 0 Å². The number of fused-ring (bicyclic) bond motifs is 1. The number of halogens is 1. The first-order valence-electron chi connectivity index (χ1n) is 12.7. The lowest BCUT2D eigenvalue weighted by Crippen LogP contribution is -2.28. The number of aryl methyl sites for hydroxylation is 1. The molecular weight excluding hydrogens is 514 g/mol. The Kier molecular flexibility index (Phi) is 8.07. The Labute approximate surface area is 232 Å². The number of benzene rings is 3. The van der Waals surface area contributed by atoms with Crippen molar-refractivity contribution in [3.63, 3.8) is 0 Å². The van der Waals surface area contributed by atoms with Gasteiger partial charge in [-0.15, -0.1) is 0 Å². The van der Waals surface area contributed by atoms with Crippen LogP contribution in [0.3, 0.4) is 0 Å². The molecule has 39 heavy (non-hydrogen) atoms. The summed E-state index contributed by atoms with van der Waals surface area (Å²) in [6, 6.07) is 22.7. The quantitative estimate of drug-likeness (QED) is 0.215. The van der Waals surface area contributed by atoms with E-state index in [0.29, 0.717) is 49.0 Å². The summed E-state index contributed by atoms with van der Waals surface area (Å²) >= 11 is 6.13. The number of hydrogen-bond acceptors (Lipinski definition) is 5. The lowest BCUT2D eigenvalue weighted by Gasteiger charge is -2.28. The number of nitrogens with zero attached hydrogens (tertiary/aromatic N) is 1. The van der Waals surface area contributed by atoms with Crippen molar-refractivity contribution in [2.24, 2.45) is 0 Å². The van der Waals surface area contributed by atoms with E-state index in [4.69, 9.17) is 30.8 Å². The maximum Gasteiger partial charge on any atom is 0.336 e. The molecule has 2 heterocycles. The second-order valence-electron chi connectivity index (χ2n) is 9.21. The topological polar surface area (TPSA) is 77.9 Å². The normalized spacial score (nSPS) is 14.6. The van der Waals surface area contributed by atoms with Gasteiger partial charge in [0.15, 0.2) is 5.79 Å². The molecular formula is C32H28ClNO5. The van der Waals surface area contributed by atoms with Crippen LogP contribution < -0.4 is 4.74 Å². The molecule has 0 atom stereocenters. The van der Waals surface area contributed by atoms with Crippen molar-refractivity contribution in [1.82, 2.24) is 4.98 Å². The third-order valence-electron chi connectivity index (χ3n) is 6.61. The third-order valence-corrected chi connectivity index (χ3v) is 6.84. The highest BCUT2D eigenvalue weighted by molar-refractivity contribution is 6.31.